The van der Waals surface area contributed by atoms with E-state index in [-0.39, 0.29) is 17.2 Å². The molecule has 2 rings (SSSR count). The second kappa shape index (κ2) is 8.13. The van der Waals surface area contributed by atoms with Crippen LogP contribution in [-0.2, 0) is 14.8 Å². The van der Waals surface area contributed by atoms with Crippen molar-refractivity contribution in [1.82, 2.24) is 4.72 Å². The first kappa shape index (κ1) is 19.0. The largest absolute Gasteiger partial charge is 0.480 e. The van der Waals surface area contributed by atoms with Gasteiger partial charge in [0.25, 0.3) is 0 Å². The van der Waals surface area contributed by atoms with Crippen molar-refractivity contribution < 1.29 is 23.1 Å². The maximum Gasteiger partial charge on any atom is 0.321 e. The van der Waals surface area contributed by atoms with Crippen LogP contribution in [0.15, 0.2) is 59.5 Å². The average molecular weight is 363 g/mol. The maximum absolute atomic E-state index is 12.4. The number of carboxylic acids is 1. The van der Waals surface area contributed by atoms with E-state index in [9.17, 15) is 18.3 Å². The molecule has 0 aliphatic carbocycles. The fourth-order valence-electron chi connectivity index (χ4n) is 2.24. The van der Waals surface area contributed by atoms with Gasteiger partial charge in [-0.2, -0.15) is 4.72 Å². The van der Waals surface area contributed by atoms with E-state index in [0.29, 0.717) is 11.5 Å². The minimum absolute atomic E-state index is 0.0112. The first-order chi connectivity index (χ1) is 11.8. The lowest BCUT2D eigenvalue weighted by atomic mass is 10.1. The summed E-state index contributed by atoms with van der Waals surface area (Å²) in [6.45, 7) is 3.67. The zero-order valence-electron chi connectivity index (χ0n) is 14.0. The van der Waals surface area contributed by atoms with E-state index in [1.54, 1.807) is 12.1 Å². The molecule has 2 aromatic rings. The number of benzene rings is 2. The van der Waals surface area contributed by atoms with Crippen molar-refractivity contribution in [3.63, 3.8) is 0 Å². The average Bonchev–Trinajstić information content (AvgIpc) is 2.55. The highest BCUT2D eigenvalue weighted by molar-refractivity contribution is 7.89. The third-order valence-corrected chi connectivity index (χ3v) is 4.90. The summed E-state index contributed by atoms with van der Waals surface area (Å²) >= 11 is 0. The Bertz CT molecular complexity index is 801. The van der Waals surface area contributed by atoms with Crippen LogP contribution in [0.5, 0.6) is 11.5 Å². The SMILES string of the molecule is CC(C)CC(NS(=O)(=O)c1ccc(Oc2ccccc2)cc1)C(=O)O. The Labute approximate surface area is 147 Å². The van der Waals surface area contributed by atoms with Gasteiger partial charge in [0, 0.05) is 0 Å². The van der Waals surface area contributed by atoms with Crippen LogP contribution in [-0.4, -0.2) is 25.5 Å². The fourth-order valence-corrected chi connectivity index (χ4v) is 3.44. The summed E-state index contributed by atoms with van der Waals surface area (Å²) in [5, 5.41) is 9.19. The van der Waals surface area contributed by atoms with Gasteiger partial charge < -0.3 is 9.84 Å². The second-order valence-electron chi connectivity index (χ2n) is 6.03. The van der Waals surface area contributed by atoms with E-state index in [2.05, 4.69) is 4.72 Å². The summed E-state index contributed by atoms with van der Waals surface area (Å²) in [5.41, 5.74) is 0. The molecule has 0 bridgehead atoms. The Balaban J connectivity index is 2.12. The Hall–Kier alpha value is -2.38. The van der Waals surface area contributed by atoms with Gasteiger partial charge >= 0.3 is 5.97 Å². The lowest BCUT2D eigenvalue weighted by molar-refractivity contribution is -0.139. The molecule has 7 heteroatoms. The quantitative estimate of drug-likeness (QED) is 0.751. The highest BCUT2D eigenvalue weighted by Gasteiger charge is 2.26. The van der Waals surface area contributed by atoms with Gasteiger partial charge in [0.1, 0.15) is 17.5 Å². The number of carbonyl (C=O) groups is 1. The number of sulfonamides is 1. The van der Waals surface area contributed by atoms with E-state index in [4.69, 9.17) is 4.74 Å². The molecule has 0 aliphatic rings. The minimum atomic E-state index is -3.93. The Morgan fingerprint density at radius 2 is 1.60 bits per heavy atom. The van der Waals surface area contributed by atoms with Gasteiger partial charge in [-0.1, -0.05) is 32.0 Å². The molecule has 134 valence electrons. The highest BCUT2D eigenvalue weighted by Crippen LogP contribution is 2.22. The van der Waals surface area contributed by atoms with Crippen LogP contribution in [0.25, 0.3) is 0 Å². The topological polar surface area (TPSA) is 92.7 Å². The monoisotopic (exact) mass is 363 g/mol. The Morgan fingerprint density at radius 1 is 1.04 bits per heavy atom. The molecule has 0 aliphatic heterocycles. The van der Waals surface area contributed by atoms with E-state index >= 15 is 0 Å². The van der Waals surface area contributed by atoms with Crippen molar-refractivity contribution in [3.05, 3.63) is 54.6 Å². The molecule has 0 spiro atoms. The van der Waals surface area contributed by atoms with Crippen LogP contribution in [0.3, 0.4) is 0 Å². The predicted octanol–water partition coefficient (Wildman–Crippen LogP) is 3.26. The second-order valence-corrected chi connectivity index (χ2v) is 7.74. The number of rotatable bonds is 8. The summed E-state index contributed by atoms with van der Waals surface area (Å²) in [6.07, 6.45) is 0.212. The van der Waals surface area contributed by atoms with Crippen molar-refractivity contribution in [1.29, 1.82) is 0 Å². The maximum atomic E-state index is 12.4. The number of hydrogen-bond acceptors (Lipinski definition) is 4. The van der Waals surface area contributed by atoms with Crippen LogP contribution in [0.4, 0.5) is 0 Å². The number of para-hydroxylation sites is 1. The normalized spacial score (nSPS) is 12.8. The number of carboxylic acid groups (broad SMARTS) is 1. The number of aliphatic carboxylic acids is 1. The van der Waals surface area contributed by atoms with Gasteiger partial charge in [0.05, 0.1) is 4.90 Å². The van der Waals surface area contributed by atoms with Gasteiger partial charge in [0.2, 0.25) is 10.0 Å². The molecule has 0 radical (unpaired) electrons. The van der Waals surface area contributed by atoms with Crippen LogP contribution >= 0.6 is 0 Å². The number of nitrogens with one attached hydrogen (secondary N) is 1. The van der Waals surface area contributed by atoms with Crippen molar-refractivity contribution in [2.75, 3.05) is 0 Å². The molecule has 0 saturated carbocycles. The highest BCUT2D eigenvalue weighted by atomic mass is 32.2. The fraction of sp³-hybridized carbons (Fsp3) is 0.278. The molecule has 25 heavy (non-hydrogen) atoms. The van der Waals surface area contributed by atoms with Crippen LogP contribution < -0.4 is 9.46 Å². The van der Waals surface area contributed by atoms with E-state index in [1.165, 1.54) is 24.3 Å². The summed E-state index contributed by atoms with van der Waals surface area (Å²) in [6, 6.07) is 13.8. The number of ether oxygens (including phenoxy) is 1. The molecule has 0 saturated heterocycles. The van der Waals surface area contributed by atoms with Crippen LogP contribution in [0.1, 0.15) is 20.3 Å². The molecular formula is C18H21NO5S. The molecule has 6 nitrogen and oxygen atoms in total. The standard InChI is InChI=1S/C18H21NO5S/c1-13(2)12-17(18(20)21)19-25(22,23)16-10-8-15(9-11-16)24-14-6-4-3-5-7-14/h3-11,13,17,19H,12H2,1-2H3,(H,20,21). The summed E-state index contributed by atoms with van der Waals surface area (Å²) < 4.78 is 32.6. The zero-order valence-corrected chi connectivity index (χ0v) is 14.9. The van der Waals surface area contributed by atoms with Gasteiger partial charge in [-0.15, -0.1) is 0 Å². The van der Waals surface area contributed by atoms with Crippen molar-refractivity contribution in [3.8, 4) is 11.5 Å². The van der Waals surface area contributed by atoms with Crippen LogP contribution in [0, 0.1) is 5.92 Å². The molecule has 0 amide bonds. The van der Waals surface area contributed by atoms with Gasteiger partial charge in [-0.05, 0) is 48.7 Å². The van der Waals surface area contributed by atoms with Crippen molar-refractivity contribution in [2.24, 2.45) is 5.92 Å². The lowest BCUT2D eigenvalue weighted by Crippen LogP contribution is -2.41. The van der Waals surface area contributed by atoms with Crippen LogP contribution in [0.2, 0.25) is 0 Å². The minimum Gasteiger partial charge on any atom is -0.480 e. The van der Waals surface area contributed by atoms with Gasteiger partial charge in [-0.25, -0.2) is 8.42 Å². The van der Waals surface area contributed by atoms with E-state index < -0.39 is 22.0 Å². The lowest BCUT2D eigenvalue weighted by Gasteiger charge is -2.16. The van der Waals surface area contributed by atoms with Gasteiger partial charge in [-0.3, -0.25) is 4.79 Å². The number of hydrogen-bond donors (Lipinski definition) is 2. The molecule has 0 aromatic heterocycles. The third-order valence-electron chi connectivity index (χ3n) is 3.42. The zero-order chi connectivity index (χ0) is 18.4. The van der Waals surface area contributed by atoms with Crippen molar-refractivity contribution in [2.45, 2.75) is 31.2 Å². The summed E-state index contributed by atoms with van der Waals surface area (Å²) in [5.74, 6) is -0.0204. The molecule has 2 N–H and O–H groups in total. The van der Waals surface area contributed by atoms with Gasteiger partial charge in [0.15, 0.2) is 0 Å². The van der Waals surface area contributed by atoms with E-state index in [1.807, 2.05) is 32.0 Å². The Kier molecular flexibility index (Phi) is 6.17. The predicted molar refractivity (Wildman–Crippen MR) is 94.2 cm³/mol. The summed E-state index contributed by atoms with van der Waals surface area (Å²) in [7, 11) is -3.93. The molecule has 0 heterocycles. The summed E-state index contributed by atoms with van der Waals surface area (Å²) in [4.78, 5) is 11.2. The smallest absolute Gasteiger partial charge is 0.321 e. The Morgan fingerprint density at radius 3 is 2.12 bits per heavy atom. The van der Waals surface area contributed by atoms with E-state index in [0.717, 1.165) is 0 Å². The van der Waals surface area contributed by atoms with Crippen molar-refractivity contribution >= 4 is 16.0 Å². The molecular weight excluding hydrogens is 342 g/mol. The third kappa shape index (κ3) is 5.58. The molecule has 2 aromatic carbocycles. The molecule has 1 unspecified atom stereocenters. The first-order valence-electron chi connectivity index (χ1n) is 7.86. The molecule has 0 fully saturated rings. The first-order valence-corrected chi connectivity index (χ1v) is 9.34. The molecule has 1 atom stereocenters.